The monoisotopic (exact) mass is 259 g/mol. The van der Waals surface area contributed by atoms with Crippen molar-refractivity contribution in [2.75, 3.05) is 0 Å². The average molecular weight is 260 g/mol. The van der Waals surface area contributed by atoms with Gasteiger partial charge in [-0.25, -0.2) is 0 Å². The third-order valence-corrected chi connectivity index (χ3v) is 3.03. The Morgan fingerprint density at radius 1 is 1.17 bits per heavy atom. The fourth-order valence-electron chi connectivity index (χ4n) is 1.97. The molecule has 0 saturated heterocycles. The molecule has 0 fully saturated rings. The highest BCUT2D eigenvalue weighted by Crippen LogP contribution is 2.26. The Kier molecular flexibility index (Phi) is 3.68. The van der Waals surface area contributed by atoms with Gasteiger partial charge in [-0.1, -0.05) is 47.5 Å². The summed E-state index contributed by atoms with van der Waals surface area (Å²) in [5.41, 5.74) is 9.41. The van der Waals surface area contributed by atoms with Crippen LogP contribution in [0.3, 0.4) is 0 Å². The molecule has 2 N–H and O–H groups in total. The fourth-order valence-corrected chi connectivity index (χ4v) is 2.09. The van der Waals surface area contributed by atoms with Gasteiger partial charge in [-0.2, -0.15) is 0 Å². The number of hydrogen-bond donors (Lipinski definition) is 1. The van der Waals surface area contributed by atoms with Gasteiger partial charge in [0.25, 0.3) is 0 Å². The van der Waals surface area contributed by atoms with Crippen molar-refractivity contribution in [3.05, 3.63) is 58.6 Å². The van der Waals surface area contributed by atoms with Crippen molar-refractivity contribution in [2.45, 2.75) is 13.3 Å². The van der Waals surface area contributed by atoms with E-state index in [1.54, 1.807) is 0 Å². The first kappa shape index (κ1) is 12.7. The molecule has 3 heteroatoms. The second kappa shape index (κ2) is 5.23. The van der Waals surface area contributed by atoms with E-state index in [9.17, 15) is 4.79 Å². The van der Waals surface area contributed by atoms with E-state index in [4.69, 9.17) is 17.3 Å². The Balaban J connectivity index is 2.49. The Morgan fingerprint density at radius 3 is 2.44 bits per heavy atom. The summed E-state index contributed by atoms with van der Waals surface area (Å²) in [5, 5.41) is 0.697. The van der Waals surface area contributed by atoms with E-state index in [0.717, 1.165) is 22.3 Å². The minimum atomic E-state index is -0.323. The molecule has 1 amide bonds. The molecule has 0 aromatic heterocycles. The largest absolute Gasteiger partial charge is 0.369 e. The van der Waals surface area contributed by atoms with Gasteiger partial charge in [0.15, 0.2) is 0 Å². The number of hydrogen-bond acceptors (Lipinski definition) is 1. The lowest BCUT2D eigenvalue weighted by atomic mass is 9.96. The third kappa shape index (κ3) is 2.90. The van der Waals surface area contributed by atoms with Crippen LogP contribution in [-0.4, -0.2) is 5.91 Å². The number of carbonyl (C=O) groups is 1. The Morgan fingerprint density at radius 2 is 1.83 bits per heavy atom. The molecule has 0 heterocycles. The molecule has 18 heavy (non-hydrogen) atoms. The number of carbonyl (C=O) groups excluding carboxylic acids is 1. The normalized spacial score (nSPS) is 10.3. The van der Waals surface area contributed by atoms with Crippen LogP contribution in [0, 0.1) is 6.92 Å². The molecule has 2 rings (SSSR count). The summed E-state index contributed by atoms with van der Waals surface area (Å²) in [4.78, 5) is 11.1. The van der Waals surface area contributed by atoms with Crippen molar-refractivity contribution < 1.29 is 4.79 Å². The molecule has 92 valence electrons. The first-order chi connectivity index (χ1) is 8.56. The highest BCUT2D eigenvalue weighted by atomic mass is 35.5. The van der Waals surface area contributed by atoms with E-state index in [-0.39, 0.29) is 12.3 Å². The molecule has 0 unspecified atom stereocenters. The first-order valence-corrected chi connectivity index (χ1v) is 6.08. The van der Waals surface area contributed by atoms with Crippen molar-refractivity contribution in [3.8, 4) is 11.1 Å². The Bertz CT molecular complexity index is 576. The predicted octanol–water partition coefficient (Wildman–Crippen LogP) is 3.34. The quantitative estimate of drug-likeness (QED) is 0.903. The van der Waals surface area contributed by atoms with Gasteiger partial charge in [0.1, 0.15) is 0 Å². The van der Waals surface area contributed by atoms with Crippen LogP contribution in [0.2, 0.25) is 5.02 Å². The van der Waals surface area contributed by atoms with E-state index < -0.39 is 0 Å². The lowest BCUT2D eigenvalue weighted by molar-refractivity contribution is -0.117. The van der Waals surface area contributed by atoms with E-state index >= 15 is 0 Å². The SMILES string of the molecule is Cc1ccc(-c2ccc(Cl)cc2)c(CC(N)=O)c1. The van der Waals surface area contributed by atoms with Gasteiger partial charge in [-0.05, 0) is 35.7 Å². The molecule has 2 nitrogen and oxygen atoms in total. The number of nitrogens with two attached hydrogens (primary N) is 1. The van der Waals surface area contributed by atoms with Crippen LogP contribution in [0.5, 0.6) is 0 Å². The maximum absolute atomic E-state index is 11.1. The molecule has 0 aliphatic rings. The molecule has 0 bridgehead atoms. The van der Waals surface area contributed by atoms with Crippen LogP contribution in [-0.2, 0) is 11.2 Å². The lowest BCUT2D eigenvalue weighted by Gasteiger charge is -2.09. The molecular formula is C15H14ClNO. The van der Waals surface area contributed by atoms with Crippen LogP contribution in [0.4, 0.5) is 0 Å². The maximum Gasteiger partial charge on any atom is 0.221 e. The van der Waals surface area contributed by atoms with Crippen molar-refractivity contribution in [1.29, 1.82) is 0 Å². The van der Waals surface area contributed by atoms with Gasteiger partial charge < -0.3 is 5.73 Å². The van der Waals surface area contributed by atoms with Crippen molar-refractivity contribution in [1.82, 2.24) is 0 Å². The summed E-state index contributed by atoms with van der Waals surface area (Å²) in [5.74, 6) is -0.323. The molecule has 0 spiro atoms. The number of amides is 1. The number of rotatable bonds is 3. The van der Waals surface area contributed by atoms with Gasteiger partial charge in [0.2, 0.25) is 5.91 Å². The second-order valence-electron chi connectivity index (χ2n) is 4.31. The molecule has 0 saturated carbocycles. The third-order valence-electron chi connectivity index (χ3n) is 2.78. The maximum atomic E-state index is 11.1. The van der Waals surface area contributed by atoms with Gasteiger partial charge in [-0.3, -0.25) is 4.79 Å². The summed E-state index contributed by atoms with van der Waals surface area (Å²) in [7, 11) is 0. The Labute approximate surface area is 111 Å². The van der Waals surface area contributed by atoms with Crippen molar-refractivity contribution >= 4 is 17.5 Å². The molecule has 0 aliphatic heterocycles. The lowest BCUT2D eigenvalue weighted by Crippen LogP contribution is -2.14. The number of primary amides is 1. The smallest absolute Gasteiger partial charge is 0.221 e. The van der Waals surface area contributed by atoms with Crippen LogP contribution in [0.15, 0.2) is 42.5 Å². The highest BCUT2D eigenvalue weighted by Gasteiger charge is 2.08. The Hall–Kier alpha value is -1.80. The van der Waals surface area contributed by atoms with Crippen molar-refractivity contribution in [3.63, 3.8) is 0 Å². The fraction of sp³-hybridized carbons (Fsp3) is 0.133. The topological polar surface area (TPSA) is 43.1 Å². The zero-order chi connectivity index (χ0) is 13.1. The zero-order valence-corrected chi connectivity index (χ0v) is 10.9. The molecular weight excluding hydrogens is 246 g/mol. The highest BCUT2D eigenvalue weighted by molar-refractivity contribution is 6.30. The van der Waals surface area contributed by atoms with Gasteiger partial charge in [0, 0.05) is 5.02 Å². The molecule has 2 aromatic carbocycles. The average Bonchev–Trinajstić information content (AvgIpc) is 2.30. The van der Waals surface area contributed by atoms with E-state index in [0.29, 0.717) is 5.02 Å². The van der Waals surface area contributed by atoms with Gasteiger partial charge in [0.05, 0.1) is 6.42 Å². The number of halogens is 1. The number of benzene rings is 2. The molecule has 0 atom stereocenters. The minimum Gasteiger partial charge on any atom is -0.369 e. The van der Waals surface area contributed by atoms with Crippen LogP contribution in [0.25, 0.3) is 11.1 Å². The minimum absolute atomic E-state index is 0.250. The summed E-state index contributed by atoms with van der Waals surface area (Å²) < 4.78 is 0. The van der Waals surface area contributed by atoms with Crippen molar-refractivity contribution in [2.24, 2.45) is 5.73 Å². The molecule has 0 aliphatic carbocycles. The predicted molar refractivity (Wildman–Crippen MR) is 74.5 cm³/mol. The summed E-state index contributed by atoms with van der Waals surface area (Å²) in [6, 6.07) is 13.6. The molecule has 0 radical (unpaired) electrons. The first-order valence-electron chi connectivity index (χ1n) is 5.70. The summed E-state index contributed by atoms with van der Waals surface area (Å²) in [6.07, 6.45) is 0.250. The summed E-state index contributed by atoms with van der Waals surface area (Å²) >= 11 is 5.87. The van der Waals surface area contributed by atoms with Crippen LogP contribution >= 0.6 is 11.6 Å². The second-order valence-corrected chi connectivity index (χ2v) is 4.75. The standard InChI is InChI=1S/C15H14ClNO/c1-10-2-7-14(12(8-10)9-15(17)18)11-3-5-13(16)6-4-11/h2-8H,9H2,1H3,(H2,17,18). The summed E-state index contributed by atoms with van der Waals surface area (Å²) in [6.45, 7) is 2.00. The van der Waals surface area contributed by atoms with Gasteiger partial charge in [-0.15, -0.1) is 0 Å². The van der Waals surface area contributed by atoms with E-state index in [1.165, 1.54) is 0 Å². The van der Waals surface area contributed by atoms with Crippen LogP contribution < -0.4 is 5.73 Å². The van der Waals surface area contributed by atoms with Gasteiger partial charge >= 0.3 is 0 Å². The van der Waals surface area contributed by atoms with E-state index in [2.05, 4.69) is 0 Å². The molecule has 2 aromatic rings. The zero-order valence-electron chi connectivity index (χ0n) is 10.1. The van der Waals surface area contributed by atoms with Crippen LogP contribution in [0.1, 0.15) is 11.1 Å². The van der Waals surface area contributed by atoms with E-state index in [1.807, 2.05) is 49.4 Å². The number of aryl methyl sites for hydroxylation is 1.